The van der Waals surface area contributed by atoms with Crippen LogP contribution in [-0.2, 0) is 4.79 Å². The predicted molar refractivity (Wildman–Crippen MR) is 110 cm³/mol. The standard InChI is InChI=1S/C20H26N4O3S/c1-3-10-21-18(25)14-7-6-11-24(12-14)19(26)16-13-28-20(23-16)22-15-8-4-5-9-17(15)27-2/h4-5,8-9,13-14H,3,6-7,10-12H2,1-2H3,(H,21,25)(H,22,23)/t14-/m1/s1. The second-order valence-electron chi connectivity index (χ2n) is 6.74. The minimum atomic E-state index is -0.144. The average Bonchev–Trinajstić information content (AvgIpc) is 3.20. The molecule has 1 aliphatic rings. The molecule has 3 rings (SSSR count). The van der Waals surface area contributed by atoms with Crippen molar-refractivity contribution in [2.24, 2.45) is 5.92 Å². The van der Waals surface area contributed by atoms with E-state index in [1.165, 1.54) is 11.3 Å². The second-order valence-corrected chi connectivity index (χ2v) is 7.60. The van der Waals surface area contributed by atoms with Gasteiger partial charge < -0.3 is 20.3 Å². The number of nitrogens with zero attached hydrogens (tertiary/aromatic N) is 2. The van der Waals surface area contributed by atoms with Crippen LogP contribution in [0.5, 0.6) is 5.75 Å². The molecule has 2 aromatic rings. The van der Waals surface area contributed by atoms with Gasteiger partial charge >= 0.3 is 0 Å². The molecule has 1 saturated heterocycles. The Morgan fingerprint density at radius 1 is 1.36 bits per heavy atom. The van der Waals surface area contributed by atoms with Crippen molar-refractivity contribution in [3.05, 3.63) is 35.3 Å². The first-order valence-corrected chi connectivity index (χ1v) is 10.4. The molecule has 7 nitrogen and oxygen atoms in total. The van der Waals surface area contributed by atoms with Gasteiger partial charge in [-0.1, -0.05) is 19.1 Å². The lowest BCUT2D eigenvalue weighted by Gasteiger charge is -2.31. The fourth-order valence-corrected chi connectivity index (χ4v) is 3.92. The highest BCUT2D eigenvalue weighted by Crippen LogP contribution is 2.29. The summed E-state index contributed by atoms with van der Waals surface area (Å²) >= 11 is 1.37. The first kappa shape index (κ1) is 20.1. The second kappa shape index (κ2) is 9.54. The SMILES string of the molecule is CCCNC(=O)[C@@H]1CCCN(C(=O)c2csc(Nc3ccccc3OC)n2)C1. The number of methoxy groups -OCH3 is 1. The van der Waals surface area contributed by atoms with Gasteiger partial charge in [-0.2, -0.15) is 0 Å². The lowest BCUT2D eigenvalue weighted by atomic mass is 9.97. The van der Waals surface area contributed by atoms with Crippen molar-refractivity contribution >= 4 is 34.0 Å². The Morgan fingerprint density at radius 3 is 2.96 bits per heavy atom. The van der Waals surface area contributed by atoms with E-state index >= 15 is 0 Å². The van der Waals surface area contributed by atoms with Gasteiger partial charge in [0, 0.05) is 25.0 Å². The van der Waals surface area contributed by atoms with E-state index in [0.717, 1.165) is 24.9 Å². The van der Waals surface area contributed by atoms with E-state index in [4.69, 9.17) is 4.74 Å². The van der Waals surface area contributed by atoms with E-state index in [9.17, 15) is 9.59 Å². The molecule has 150 valence electrons. The number of likely N-dealkylation sites (tertiary alicyclic amines) is 1. The fraction of sp³-hybridized carbons (Fsp3) is 0.450. The fourth-order valence-electron chi connectivity index (χ4n) is 3.22. The van der Waals surface area contributed by atoms with Crippen LogP contribution in [0.3, 0.4) is 0 Å². The Balaban J connectivity index is 1.64. The number of thiazole rings is 1. The third kappa shape index (κ3) is 4.81. The van der Waals surface area contributed by atoms with E-state index in [1.807, 2.05) is 31.2 Å². The van der Waals surface area contributed by atoms with E-state index < -0.39 is 0 Å². The Kier molecular flexibility index (Phi) is 6.86. The minimum Gasteiger partial charge on any atom is -0.495 e. The van der Waals surface area contributed by atoms with Crippen LogP contribution in [0.2, 0.25) is 0 Å². The summed E-state index contributed by atoms with van der Waals surface area (Å²) in [4.78, 5) is 31.3. The molecule has 0 radical (unpaired) electrons. The average molecular weight is 403 g/mol. The normalized spacial score (nSPS) is 16.5. The van der Waals surface area contributed by atoms with Crippen LogP contribution < -0.4 is 15.4 Å². The lowest BCUT2D eigenvalue weighted by molar-refractivity contribution is -0.126. The molecule has 1 aliphatic heterocycles. The van der Waals surface area contributed by atoms with Crippen molar-refractivity contribution < 1.29 is 14.3 Å². The highest BCUT2D eigenvalue weighted by Gasteiger charge is 2.29. The number of carbonyl (C=O) groups excluding carboxylic acids is 2. The summed E-state index contributed by atoms with van der Waals surface area (Å²) in [6.07, 6.45) is 2.55. The van der Waals surface area contributed by atoms with Gasteiger partial charge in [-0.05, 0) is 31.4 Å². The Labute approximate surface area is 169 Å². The van der Waals surface area contributed by atoms with Gasteiger partial charge in [-0.3, -0.25) is 9.59 Å². The van der Waals surface area contributed by atoms with E-state index in [-0.39, 0.29) is 17.7 Å². The van der Waals surface area contributed by atoms with Crippen molar-refractivity contribution in [3.8, 4) is 5.75 Å². The molecule has 1 aromatic heterocycles. The van der Waals surface area contributed by atoms with Crippen molar-refractivity contribution in [1.29, 1.82) is 0 Å². The summed E-state index contributed by atoms with van der Waals surface area (Å²) in [6, 6.07) is 7.55. The highest BCUT2D eigenvalue weighted by atomic mass is 32.1. The summed E-state index contributed by atoms with van der Waals surface area (Å²) in [5.41, 5.74) is 1.20. The third-order valence-corrected chi connectivity index (χ3v) is 5.46. The van der Waals surface area contributed by atoms with Crippen LogP contribution >= 0.6 is 11.3 Å². The van der Waals surface area contributed by atoms with Gasteiger partial charge in [0.1, 0.15) is 11.4 Å². The van der Waals surface area contributed by atoms with Crippen molar-refractivity contribution in [2.45, 2.75) is 26.2 Å². The summed E-state index contributed by atoms with van der Waals surface area (Å²) in [7, 11) is 1.61. The number of aromatic nitrogens is 1. The molecule has 2 N–H and O–H groups in total. The van der Waals surface area contributed by atoms with Crippen LogP contribution in [0, 0.1) is 5.92 Å². The predicted octanol–water partition coefficient (Wildman–Crippen LogP) is 3.27. The monoisotopic (exact) mass is 402 g/mol. The van der Waals surface area contributed by atoms with E-state index in [1.54, 1.807) is 17.4 Å². The summed E-state index contributed by atoms with van der Waals surface area (Å²) < 4.78 is 5.33. The zero-order valence-corrected chi connectivity index (χ0v) is 17.1. The number of anilines is 2. The maximum Gasteiger partial charge on any atom is 0.273 e. The minimum absolute atomic E-state index is 0.0381. The molecule has 0 aliphatic carbocycles. The summed E-state index contributed by atoms with van der Waals surface area (Å²) in [5, 5.41) is 8.51. The Hall–Kier alpha value is -2.61. The number of piperidine rings is 1. The molecule has 2 amide bonds. The van der Waals surface area contributed by atoms with Gasteiger partial charge in [0.05, 0.1) is 18.7 Å². The third-order valence-electron chi connectivity index (χ3n) is 4.70. The number of amides is 2. The van der Waals surface area contributed by atoms with Crippen LogP contribution in [0.25, 0.3) is 0 Å². The molecule has 1 aromatic carbocycles. The largest absolute Gasteiger partial charge is 0.495 e. The molecule has 1 atom stereocenters. The van der Waals surface area contributed by atoms with E-state index in [0.29, 0.717) is 36.2 Å². The molecule has 28 heavy (non-hydrogen) atoms. The van der Waals surface area contributed by atoms with Crippen molar-refractivity contribution in [1.82, 2.24) is 15.2 Å². The Bertz CT molecular complexity index is 823. The lowest BCUT2D eigenvalue weighted by Crippen LogP contribution is -2.45. The summed E-state index contributed by atoms with van der Waals surface area (Å²) in [5.74, 6) is 0.477. The van der Waals surface area contributed by atoms with Crippen LogP contribution in [0.15, 0.2) is 29.6 Å². The number of hydrogen-bond acceptors (Lipinski definition) is 6. The van der Waals surface area contributed by atoms with Crippen LogP contribution in [0.4, 0.5) is 10.8 Å². The van der Waals surface area contributed by atoms with Gasteiger partial charge in [0.25, 0.3) is 5.91 Å². The molecule has 0 saturated carbocycles. The molecular weight excluding hydrogens is 376 g/mol. The first-order chi connectivity index (χ1) is 13.6. The number of hydrogen-bond donors (Lipinski definition) is 2. The van der Waals surface area contributed by atoms with Gasteiger partial charge in [-0.15, -0.1) is 11.3 Å². The first-order valence-electron chi connectivity index (χ1n) is 9.55. The number of benzene rings is 1. The molecule has 2 heterocycles. The highest BCUT2D eigenvalue weighted by molar-refractivity contribution is 7.14. The molecule has 8 heteroatoms. The number of para-hydroxylation sites is 2. The maximum atomic E-state index is 12.9. The smallest absolute Gasteiger partial charge is 0.273 e. The maximum absolute atomic E-state index is 12.9. The molecule has 0 unspecified atom stereocenters. The molecule has 1 fully saturated rings. The zero-order valence-electron chi connectivity index (χ0n) is 16.2. The van der Waals surface area contributed by atoms with Gasteiger partial charge in [0.2, 0.25) is 5.91 Å². The van der Waals surface area contributed by atoms with E-state index in [2.05, 4.69) is 15.6 Å². The topological polar surface area (TPSA) is 83.6 Å². The number of ether oxygens (including phenoxy) is 1. The number of rotatable bonds is 7. The van der Waals surface area contributed by atoms with Crippen LogP contribution in [0.1, 0.15) is 36.7 Å². The number of carbonyl (C=O) groups is 2. The molecular formula is C20H26N4O3S. The van der Waals surface area contributed by atoms with Gasteiger partial charge in [0.15, 0.2) is 5.13 Å². The van der Waals surface area contributed by atoms with Gasteiger partial charge in [-0.25, -0.2) is 4.98 Å². The Morgan fingerprint density at radius 2 is 2.18 bits per heavy atom. The molecule has 0 bridgehead atoms. The number of nitrogens with one attached hydrogen (secondary N) is 2. The van der Waals surface area contributed by atoms with Crippen LogP contribution in [-0.4, -0.2) is 48.4 Å². The molecule has 0 spiro atoms. The quantitative estimate of drug-likeness (QED) is 0.743. The zero-order chi connectivity index (χ0) is 19.9. The summed E-state index contributed by atoms with van der Waals surface area (Å²) in [6.45, 7) is 3.80. The van der Waals surface area contributed by atoms with Crippen molar-refractivity contribution in [3.63, 3.8) is 0 Å². The van der Waals surface area contributed by atoms with Crippen molar-refractivity contribution in [2.75, 3.05) is 32.1 Å².